The molecule has 1 aliphatic heterocycles. The molecular formula is C43H58N9O19P3S. The van der Waals surface area contributed by atoms with E-state index in [1.165, 1.54) is 13.8 Å². The highest BCUT2D eigenvalue weighted by Gasteiger charge is 2.50. The number of nitrogens with one attached hydrogen (secondary N) is 2. The molecule has 1 saturated heterocycles. The Bertz CT molecular complexity index is 3000. The molecule has 6 rings (SSSR count). The fourth-order valence-electron chi connectivity index (χ4n) is 7.76. The van der Waals surface area contributed by atoms with E-state index in [0.29, 0.717) is 18.7 Å². The Hall–Kier alpha value is -5.19. The second-order valence-corrected chi connectivity index (χ2v) is 23.1. The number of thioether (sulfide) groups is 1. The molecule has 3 aromatic heterocycles. The molecule has 3 amide bonds. The zero-order chi connectivity index (χ0) is 54.9. The van der Waals surface area contributed by atoms with Crippen LogP contribution in [0.3, 0.4) is 0 Å². The lowest BCUT2D eigenvalue weighted by molar-refractivity contribution is -0.137. The molecule has 32 heteroatoms. The Morgan fingerprint density at radius 2 is 1.68 bits per heavy atom. The minimum absolute atomic E-state index is 0.0210. The Morgan fingerprint density at radius 3 is 2.39 bits per heavy atom. The molecule has 1 aliphatic rings. The van der Waals surface area contributed by atoms with Gasteiger partial charge in [-0.25, -0.2) is 28.6 Å². The molecule has 0 saturated carbocycles. The Balaban J connectivity index is 0.865. The standard InChI is InChI=1S/C43H58N9O19P3S/c1-25-28(19-32(44)53)29-18-27(11-12-30(29)51(25)20-26-8-5-4-6-9-26)66-16-7-10-34(55)75-17-15-46-33(54)13-14-47-41(58)38(57)43(2,3)22-68-74(64,65)71-73(62,63)67-21-31-37(70-72(59,60)61)36(56)42(69-31)52-24-50-35-39(45)48-23-49-40(35)52/h4-6,8-9,11-12,18,23-24,31,36-38,42,56-57H,7,10,13-17,19-22H2,1-3H3,(H2,44,53)(H,46,54)(H,47,58)(H,62,63)(H,64,65)(H2,45,48,49)(H2,59,60,61). The van der Waals surface area contributed by atoms with Crippen molar-refractivity contribution in [2.75, 3.05) is 44.4 Å². The van der Waals surface area contributed by atoms with Crippen LogP contribution in [-0.4, -0.2) is 140 Å². The van der Waals surface area contributed by atoms with E-state index in [-0.39, 0.29) is 66.8 Å². The average Bonchev–Trinajstić information content (AvgIpc) is 3.98. The molecule has 4 heterocycles. The number of aromatic nitrogens is 5. The number of carbonyl (C=O) groups excluding carboxylic acids is 4. The van der Waals surface area contributed by atoms with Crippen molar-refractivity contribution < 1.29 is 90.0 Å². The van der Waals surface area contributed by atoms with E-state index >= 15 is 0 Å². The number of phosphoric ester groups is 3. The summed E-state index contributed by atoms with van der Waals surface area (Å²) in [5.74, 6) is -1.13. The molecule has 0 bridgehead atoms. The third-order valence-corrected chi connectivity index (χ3v) is 15.6. The van der Waals surface area contributed by atoms with Gasteiger partial charge in [-0.15, -0.1) is 0 Å². The van der Waals surface area contributed by atoms with Gasteiger partial charge in [-0.3, -0.25) is 37.3 Å². The minimum Gasteiger partial charge on any atom is -0.494 e. The summed E-state index contributed by atoms with van der Waals surface area (Å²) < 4.78 is 70.7. The number of benzene rings is 2. The van der Waals surface area contributed by atoms with Crippen LogP contribution in [0.5, 0.6) is 5.75 Å². The normalized spacial score (nSPS) is 19.1. The van der Waals surface area contributed by atoms with Crippen molar-refractivity contribution in [3.8, 4) is 5.75 Å². The lowest BCUT2D eigenvalue weighted by Gasteiger charge is -2.30. The van der Waals surface area contributed by atoms with Gasteiger partial charge in [0, 0.05) is 60.2 Å². The summed E-state index contributed by atoms with van der Waals surface area (Å²) in [6.07, 6.45) is -6.36. The number of aliphatic hydroxyl groups excluding tert-OH is 2. The van der Waals surface area contributed by atoms with Crippen LogP contribution < -0.4 is 26.8 Å². The lowest BCUT2D eigenvalue weighted by atomic mass is 9.87. The number of ether oxygens (including phenoxy) is 2. The van der Waals surface area contributed by atoms with Crippen molar-refractivity contribution in [1.29, 1.82) is 0 Å². The molecule has 75 heavy (non-hydrogen) atoms. The topological polar surface area (TPSA) is 421 Å². The number of hydrogen-bond donors (Lipinski definition) is 10. The van der Waals surface area contributed by atoms with Crippen LogP contribution in [0.25, 0.3) is 22.1 Å². The predicted octanol–water partition coefficient (Wildman–Crippen LogP) is 1.86. The zero-order valence-electron chi connectivity index (χ0n) is 40.6. The van der Waals surface area contributed by atoms with Gasteiger partial charge in [0.25, 0.3) is 0 Å². The highest BCUT2D eigenvalue weighted by molar-refractivity contribution is 8.13. The number of fused-ring (bicyclic) bond motifs is 2. The van der Waals surface area contributed by atoms with E-state index in [0.717, 1.165) is 56.7 Å². The van der Waals surface area contributed by atoms with Crippen LogP contribution >= 0.6 is 35.2 Å². The third-order valence-electron chi connectivity index (χ3n) is 11.5. The van der Waals surface area contributed by atoms with E-state index in [2.05, 4.69) is 39.0 Å². The number of imidazole rings is 1. The Kier molecular flexibility index (Phi) is 19.9. The van der Waals surface area contributed by atoms with Gasteiger partial charge in [0.15, 0.2) is 22.8 Å². The molecule has 2 aromatic carbocycles. The summed E-state index contributed by atoms with van der Waals surface area (Å²) in [4.78, 5) is 101. The summed E-state index contributed by atoms with van der Waals surface area (Å²) in [7, 11) is -16.5. The van der Waals surface area contributed by atoms with Gasteiger partial charge in [-0.05, 0) is 42.7 Å². The number of nitrogens with two attached hydrogens (primary N) is 2. The zero-order valence-corrected chi connectivity index (χ0v) is 44.1. The number of phosphoric acid groups is 3. The van der Waals surface area contributed by atoms with Crippen LogP contribution in [0.2, 0.25) is 0 Å². The van der Waals surface area contributed by atoms with E-state index in [9.17, 15) is 62.7 Å². The molecule has 12 N–H and O–H groups in total. The van der Waals surface area contributed by atoms with Gasteiger partial charge in [0.05, 0.1) is 32.6 Å². The van der Waals surface area contributed by atoms with Crippen molar-refractivity contribution >= 4 is 86.0 Å². The van der Waals surface area contributed by atoms with Crippen LogP contribution in [0, 0.1) is 12.3 Å². The maximum atomic E-state index is 12.8. The molecule has 7 atom stereocenters. The Labute approximate surface area is 432 Å². The summed E-state index contributed by atoms with van der Waals surface area (Å²) in [5.41, 5.74) is 13.6. The monoisotopic (exact) mass is 1130 g/mol. The number of aliphatic hydroxyl groups is 2. The Morgan fingerprint density at radius 1 is 0.960 bits per heavy atom. The molecule has 28 nitrogen and oxygen atoms in total. The fraction of sp³-hybridized carbons (Fsp3) is 0.465. The summed E-state index contributed by atoms with van der Waals surface area (Å²) in [5, 5.41) is 27.4. The maximum absolute atomic E-state index is 12.8. The molecular weight excluding hydrogens is 1070 g/mol. The maximum Gasteiger partial charge on any atom is 0.481 e. The quantitative estimate of drug-likeness (QED) is 0.0252. The van der Waals surface area contributed by atoms with Crippen molar-refractivity contribution in [3.63, 3.8) is 0 Å². The van der Waals surface area contributed by atoms with Crippen molar-refractivity contribution in [2.45, 2.75) is 83.6 Å². The van der Waals surface area contributed by atoms with Crippen molar-refractivity contribution in [1.82, 2.24) is 34.7 Å². The number of nitrogen functional groups attached to an aromatic ring is 1. The number of rotatable bonds is 28. The molecule has 0 aliphatic carbocycles. The highest BCUT2D eigenvalue weighted by atomic mass is 32.2. The third kappa shape index (κ3) is 16.4. The van der Waals surface area contributed by atoms with Crippen LogP contribution in [0.4, 0.5) is 5.82 Å². The van der Waals surface area contributed by atoms with Gasteiger partial charge in [-0.2, -0.15) is 4.31 Å². The average molecular weight is 1130 g/mol. The molecule has 410 valence electrons. The number of hydrogen-bond acceptors (Lipinski definition) is 20. The number of carbonyl (C=O) groups is 4. The largest absolute Gasteiger partial charge is 0.494 e. The summed E-state index contributed by atoms with van der Waals surface area (Å²) in [6.45, 7) is 3.15. The second kappa shape index (κ2) is 25.3. The number of primary amides is 1. The first-order valence-electron chi connectivity index (χ1n) is 22.9. The summed E-state index contributed by atoms with van der Waals surface area (Å²) in [6, 6.07) is 15.6. The predicted molar refractivity (Wildman–Crippen MR) is 267 cm³/mol. The molecule has 5 aromatic rings. The first kappa shape index (κ1) is 59.1. The molecule has 1 fully saturated rings. The number of amides is 3. The van der Waals surface area contributed by atoms with E-state index in [1.54, 1.807) is 0 Å². The van der Waals surface area contributed by atoms with E-state index in [1.807, 2.05) is 55.5 Å². The first-order valence-corrected chi connectivity index (χ1v) is 28.4. The smallest absolute Gasteiger partial charge is 0.481 e. The minimum atomic E-state index is -5.61. The highest BCUT2D eigenvalue weighted by Crippen LogP contribution is 2.61. The van der Waals surface area contributed by atoms with Gasteiger partial charge in [0.1, 0.15) is 42.0 Å². The molecule has 0 spiro atoms. The SMILES string of the molecule is Cc1c(CC(N)=O)c2cc(OCCCC(=O)SCCNC(=O)CCNC(=O)C(O)C(C)(C)COP(=O)(O)OP(=O)(O)OCC3OC(n4cnc5c(N)ncnc54)C(O)C3OP(=O)(O)O)ccc2n1Cc1ccccc1. The number of anilines is 1. The second-order valence-electron chi connectivity index (χ2n) is 17.7. The van der Waals surface area contributed by atoms with E-state index < -0.39 is 90.5 Å². The van der Waals surface area contributed by atoms with Crippen LogP contribution in [0.15, 0.2) is 61.2 Å². The molecule has 7 unspecified atom stereocenters. The van der Waals surface area contributed by atoms with Crippen LogP contribution in [0.1, 0.15) is 56.2 Å². The van der Waals surface area contributed by atoms with Gasteiger partial charge in [0.2, 0.25) is 17.7 Å². The number of nitrogens with zero attached hydrogens (tertiary/aromatic N) is 5. The summed E-state index contributed by atoms with van der Waals surface area (Å²) >= 11 is 1.03. The van der Waals surface area contributed by atoms with Gasteiger partial charge in [-0.1, -0.05) is 55.9 Å². The van der Waals surface area contributed by atoms with Crippen LogP contribution in [-0.2, 0) is 68.5 Å². The van der Waals surface area contributed by atoms with Gasteiger partial charge < -0.3 is 65.9 Å². The fourth-order valence-corrected chi connectivity index (χ4v) is 11.3. The van der Waals surface area contributed by atoms with Crippen molar-refractivity contribution in [3.05, 3.63) is 78.0 Å². The van der Waals surface area contributed by atoms with Gasteiger partial charge >= 0.3 is 23.5 Å². The lowest BCUT2D eigenvalue weighted by Crippen LogP contribution is -2.46. The van der Waals surface area contributed by atoms with E-state index in [4.69, 9.17) is 30.0 Å². The van der Waals surface area contributed by atoms with Crippen molar-refractivity contribution in [2.24, 2.45) is 11.1 Å². The molecule has 0 radical (unpaired) electrons. The first-order chi connectivity index (χ1) is 35.2.